The van der Waals surface area contributed by atoms with E-state index in [-0.39, 0.29) is 18.1 Å². The van der Waals surface area contributed by atoms with Crippen LogP contribution >= 0.6 is 11.3 Å². The number of thiophene rings is 1. The van der Waals surface area contributed by atoms with Crippen molar-refractivity contribution < 1.29 is 13.2 Å². The Bertz CT molecular complexity index is 1380. The van der Waals surface area contributed by atoms with Gasteiger partial charge in [0.1, 0.15) is 6.07 Å². The molecule has 0 amide bonds. The molecule has 0 radical (unpaired) electrons. The summed E-state index contributed by atoms with van der Waals surface area (Å²) in [5.74, 6) is 0. The minimum atomic E-state index is -3.90. The number of nitrogens with one attached hydrogen (secondary N) is 1. The van der Waals surface area contributed by atoms with Gasteiger partial charge in [-0.1, -0.05) is 18.2 Å². The Kier molecular flexibility index (Phi) is 7.89. The fraction of sp³-hybridized carbons (Fsp3) is 0.346. The van der Waals surface area contributed by atoms with Gasteiger partial charge >= 0.3 is 0 Å². The lowest BCUT2D eigenvalue weighted by molar-refractivity contribution is 0.204. The molecule has 0 unspecified atom stereocenters. The van der Waals surface area contributed by atoms with Crippen molar-refractivity contribution in [1.29, 1.82) is 5.26 Å². The van der Waals surface area contributed by atoms with Crippen molar-refractivity contribution in [3.05, 3.63) is 58.3 Å². The number of hydrogen-bond donors (Lipinski definition) is 1. The number of ether oxygens (including phenoxy) is 1. The molecular formula is C26H30N4O3S2. The Balaban J connectivity index is 1.58. The highest BCUT2D eigenvalue weighted by Crippen LogP contribution is 2.35. The first kappa shape index (κ1) is 25.4. The summed E-state index contributed by atoms with van der Waals surface area (Å²) in [4.78, 5) is 6.28. The standard InChI is InChI=1S/C26H30N4O3S2/c1-19(26(18-27)35(31,32)28-10-15-33-3)24-8-9-25(34-24)22-5-4-21-17-23(7-6-20(21)16-22)30-13-11-29(2)12-14-30/h4-9,16-17,28H,10-15H2,1-3H3/b26-19+. The normalized spacial score (nSPS) is 15.8. The van der Waals surface area contributed by atoms with Gasteiger partial charge in [0.15, 0.2) is 4.91 Å². The summed E-state index contributed by atoms with van der Waals surface area (Å²) in [6, 6.07) is 18.7. The van der Waals surface area contributed by atoms with Crippen molar-refractivity contribution in [1.82, 2.24) is 9.62 Å². The maximum absolute atomic E-state index is 12.6. The number of fused-ring (bicyclic) bond motifs is 1. The van der Waals surface area contributed by atoms with Crippen LogP contribution < -0.4 is 9.62 Å². The molecule has 4 rings (SSSR count). The van der Waals surface area contributed by atoms with E-state index in [2.05, 4.69) is 58.0 Å². The molecule has 35 heavy (non-hydrogen) atoms. The maximum Gasteiger partial charge on any atom is 0.251 e. The van der Waals surface area contributed by atoms with E-state index >= 15 is 0 Å². The van der Waals surface area contributed by atoms with E-state index in [1.807, 2.05) is 18.2 Å². The number of sulfonamides is 1. The van der Waals surface area contributed by atoms with Crippen LogP contribution in [0.4, 0.5) is 5.69 Å². The van der Waals surface area contributed by atoms with E-state index in [1.54, 1.807) is 6.92 Å². The fourth-order valence-corrected chi connectivity index (χ4v) is 6.35. The predicted molar refractivity (Wildman–Crippen MR) is 144 cm³/mol. The lowest BCUT2D eigenvalue weighted by Crippen LogP contribution is -2.44. The van der Waals surface area contributed by atoms with E-state index in [0.717, 1.165) is 46.9 Å². The summed E-state index contributed by atoms with van der Waals surface area (Å²) < 4.78 is 32.5. The number of allylic oxidation sites excluding steroid dienone is 2. The predicted octanol–water partition coefficient (Wildman–Crippen LogP) is 4.14. The first-order chi connectivity index (χ1) is 16.8. The molecule has 2 heterocycles. The minimum absolute atomic E-state index is 0.112. The molecule has 0 atom stereocenters. The molecule has 184 valence electrons. The van der Waals surface area contributed by atoms with Gasteiger partial charge in [-0.2, -0.15) is 5.26 Å². The highest BCUT2D eigenvalue weighted by molar-refractivity contribution is 7.93. The summed E-state index contributed by atoms with van der Waals surface area (Å²) in [6.45, 7) is 6.23. The van der Waals surface area contributed by atoms with Crippen LogP contribution in [0.2, 0.25) is 0 Å². The van der Waals surface area contributed by atoms with Gasteiger partial charge in [-0.3, -0.25) is 0 Å². The zero-order valence-electron chi connectivity index (χ0n) is 20.2. The van der Waals surface area contributed by atoms with Gasteiger partial charge < -0.3 is 14.5 Å². The quantitative estimate of drug-likeness (QED) is 0.362. The van der Waals surface area contributed by atoms with Crippen LogP contribution in [-0.2, 0) is 14.8 Å². The van der Waals surface area contributed by atoms with Crippen LogP contribution in [0, 0.1) is 11.3 Å². The Morgan fingerprint density at radius 1 is 1.09 bits per heavy atom. The van der Waals surface area contributed by atoms with Crippen molar-refractivity contribution in [2.45, 2.75) is 6.92 Å². The van der Waals surface area contributed by atoms with E-state index in [0.29, 0.717) is 5.57 Å². The molecule has 3 aromatic rings. The third kappa shape index (κ3) is 5.74. The lowest BCUT2D eigenvalue weighted by Gasteiger charge is -2.34. The highest BCUT2D eigenvalue weighted by atomic mass is 32.2. The van der Waals surface area contributed by atoms with Crippen molar-refractivity contribution in [3.63, 3.8) is 0 Å². The number of piperazine rings is 1. The summed E-state index contributed by atoms with van der Waals surface area (Å²) in [7, 11) is -0.252. The first-order valence-corrected chi connectivity index (χ1v) is 13.8. The molecule has 0 spiro atoms. The molecule has 1 fully saturated rings. The smallest absolute Gasteiger partial charge is 0.251 e. The van der Waals surface area contributed by atoms with Gasteiger partial charge in [-0.15, -0.1) is 11.3 Å². The van der Waals surface area contributed by atoms with Gasteiger partial charge in [-0.25, -0.2) is 13.1 Å². The van der Waals surface area contributed by atoms with Gasteiger partial charge in [0.05, 0.1) is 6.61 Å². The second-order valence-corrected chi connectivity index (χ2v) is 11.4. The van der Waals surface area contributed by atoms with Crippen LogP contribution in [0.3, 0.4) is 0 Å². The van der Waals surface area contributed by atoms with Gasteiger partial charge in [0.25, 0.3) is 10.0 Å². The molecule has 0 bridgehead atoms. The zero-order chi connectivity index (χ0) is 25.0. The van der Waals surface area contributed by atoms with Crippen LogP contribution in [0.25, 0.3) is 26.8 Å². The molecule has 1 N–H and O–H groups in total. The monoisotopic (exact) mass is 510 g/mol. The SMILES string of the molecule is COCCNS(=O)(=O)/C(C#N)=C(\C)c1ccc(-c2ccc3cc(N4CCN(C)CC4)ccc3c2)s1. The molecule has 0 saturated carbocycles. The van der Waals surface area contributed by atoms with Crippen LogP contribution in [0.1, 0.15) is 11.8 Å². The third-order valence-corrected chi connectivity index (χ3v) is 9.03. The lowest BCUT2D eigenvalue weighted by atomic mass is 10.0. The molecule has 1 saturated heterocycles. The van der Waals surface area contributed by atoms with Crippen LogP contribution in [-0.4, -0.2) is 66.8 Å². The highest BCUT2D eigenvalue weighted by Gasteiger charge is 2.22. The van der Waals surface area contributed by atoms with Crippen molar-refractivity contribution in [2.75, 3.05) is 58.4 Å². The van der Waals surface area contributed by atoms with Gasteiger partial charge in [-0.05, 0) is 66.2 Å². The first-order valence-electron chi connectivity index (χ1n) is 11.5. The number of rotatable bonds is 8. The molecule has 9 heteroatoms. The average molecular weight is 511 g/mol. The molecule has 2 aromatic carbocycles. The Labute approximate surface area is 211 Å². The summed E-state index contributed by atoms with van der Waals surface area (Å²) in [5, 5.41) is 11.9. The van der Waals surface area contributed by atoms with Crippen molar-refractivity contribution in [2.24, 2.45) is 0 Å². The van der Waals surface area contributed by atoms with Gasteiger partial charge in [0, 0.05) is 55.3 Å². The van der Waals surface area contributed by atoms with E-state index in [9.17, 15) is 13.7 Å². The Morgan fingerprint density at radius 2 is 1.80 bits per heavy atom. The number of methoxy groups -OCH3 is 1. The molecule has 7 nitrogen and oxygen atoms in total. The summed E-state index contributed by atoms with van der Waals surface area (Å²) in [5.41, 5.74) is 2.75. The third-order valence-electron chi connectivity index (χ3n) is 6.26. The average Bonchev–Trinajstić information content (AvgIpc) is 3.35. The van der Waals surface area contributed by atoms with Gasteiger partial charge in [0.2, 0.25) is 0 Å². The molecular weight excluding hydrogens is 480 g/mol. The number of benzene rings is 2. The van der Waals surface area contributed by atoms with E-state index < -0.39 is 10.0 Å². The number of hydrogen-bond acceptors (Lipinski definition) is 7. The minimum Gasteiger partial charge on any atom is -0.383 e. The molecule has 1 aliphatic heterocycles. The van der Waals surface area contributed by atoms with Crippen molar-refractivity contribution >= 4 is 43.4 Å². The topological polar surface area (TPSA) is 85.7 Å². The summed E-state index contributed by atoms with van der Waals surface area (Å²) >= 11 is 1.48. The molecule has 1 aliphatic rings. The second-order valence-electron chi connectivity index (χ2n) is 8.66. The van der Waals surface area contributed by atoms with Crippen molar-refractivity contribution in [3.8, 4) is 16.5 Å². The molecule has 1 aromatic heterocycles. The zero-order valence-corrected chi connectivity index (χ0v) is 21.9. The maximum atomic E-state index is 12.6. The number of nitriles is 1. The Morgan fingerprint density at radius 3 is 2.51 bits per heavy atom. The molecule has 0 aliphatic carbocycles. The fourth-order valence-electron chi connectivity index (χ4n) is 4.15. The number of likely N-dealkylation sites (N-methyl/N-ethyl adjacent to an activating group) is 1. The second kappa shape index (κ2) is 10.9. The largest absolute Gasteiger partial charge is 0.383 e. The van der Waals surface area contributed by atoms with Crippen LogP contribution in [0.5, 0.6) is 0 Å². The Hall–Kier alpha value is -2.74. The number of nitrogens with zero attached hydrogens (tertiary/aromatic N) is 3. The van der Waals surface area contributed by atoms with E-state index in [1.165, 1.54) is 29.5 Å². The summed E-state index contributed by atoms with van der Waals surface area (Å²) in [6.07, 6.45) is 0. The number of anilines is 1. The van der Waals surface area contributed by atoms with E-state index in [4.69, 9.17) is 4.74 Å². The van der Waals surface area contributed by atoms with Crippen LogP contribution in [0.15, 0.2) is 53.4 Å².